The third-order valence-electron chi connectivity index (χ3n) is 15.3. The van der Waals surface area contributed by atoms with Crippen LogP contribution in [0.3, 0.4) is 0 Å². The maximum Gasteiger partial charge on any atom is 0.0564 e. The predicted molar refractivity (Wildman–Crippen MR) is 301 cm³/mol. The van der Waals surface area contributed by atoms with Crippen molar-refractivity contribution in [3.63, 3.8) is 0 Å². The molecule has 2 nitrogen and oxygen atoms in total. The predicted octanol–water partition coefficient (Wildman–Crippen LogP) is 18.9. The van der Waals surface area contributed by atoms with E-state index >= 15 is 0 Å². The van der Waals surface area contributed by atoms with Gasteiger partial charge in [-0.05, 0) is 122 Å². The highest BCUT2D eigenvalue weighted by Gasteiger charge is 2.39. The van der Waals surface area contributed by atoms with Crippen molar-refractivity contribution in [1.29, 1.82) is 0 Å². The molecule has 0 fully saturated rings. The average molecular weight is 917 g/mol. The van der Waals surface area contributed by atoms with Crippen LogP contribution in [-0.4, -0.2) is 0 Å². The molecule has 346 valence electrons. The molecule has 1 aliphatic carbocycles. The second kappa shape index (κ2) is 18.3. The Morgan fingerprint density at radius 3 is 1.07 bits per heavy atom. The molecule has 0 N–H and O–H groups in total. The maximum absolute atomic E-state index is 2.50. The van der Waals surface area contributed by atoms with E-state index in [2.05, 4.69) is 306 Å². The average Bonchev–Trinajstić information content (AvgIpc) is 3.66. The van der Waals surface area contributed by atoms with Crippen LogP contribution in [0.1, 0.15) is 74.9 Å². The van der Waals surface area contributed by atoms with Crippen LogP contribution in [0.5, 0.6) is 0 Å². The van der Waals surface area contributed by atoms with Crippen molar-refractivity contribution in [2.75, 3.05) is 9.80 Å². The SMILES string of the molecule is CC(C)(c1ccccc1)c1ccc(N(c2ccc(-c3ccccc3)cc2)c2cc(N(c3ccc(-c4ccccc4)cc3)c3ccc(C(C)(C)c4ccccc4)cc3)c3c(c2)C(C)(C)c2ccccc2-3)cc1. The largest absolute Gasteiger partial charge is 0.310 e. The summed E-state index contributed by atoms with van der Waals surface area (Å²) in [5.74, 6) is 0. The maximum atomic E-state index is 2.50. The van der Waals surface area contributed by atoms with Gasteiger partial charge in [0.05, 0.1) is 5.69 Å². The van der Waals surface area contributed by atoms with Gasteiger partial charge in [0.1, 0.15) is 0 Å². The van der Waals surface area contributed by atoms with Crippen molar-refractivity contribution in [3.05, 3.63) is 288 Å². The van der Waals surface area contributed by atoms with Crippen LogP contribution < -0.4 is 9.80 Å². The third-order valence-corrected chi connectivity index (χ3v) is 15.3. The van der Waals surface area contributed by atoms with Crippen LogP contribution in [-0.2, 0) is 16.2 Å². The van der Waals surface area contributed by atoms with E-state index in [1.165, 1.54) is 66.8 Å². The lowest BCUT2D eigenvalue weighted by molar-refractivity contribution is 0.641. The first-order chi connectivity index (χ1) is 34.5. The standard InChI is InChI=1S/C69H60N2/c1-67(2,53-25-15-9-16-26-53)55-35-43-58(44-36-55)70(57-39-31-51(32-40-57)49-21-11-7-12-22-49)61-47-64-66(62-29-19-20-30-63(62)69(64,5)6)65(48-61)71(59-41-33-52(34-42-59)50-23-13-8-14-24-50)60-45-37-56(38-46-60)68(3,4)54-27-17-10-18-28-54/h7-48H,1-6H3. The molecule has 0 aliphatic heterocycles. The number of hydrogen-bond donors (Lipinski definition) is 0. The van der Waals surface area contributed by atoms with Gasteiger partial charge in [0.25, 0.3) is 0 Å². The molecule has 10 aromatic carbocycles. The van der Waals surface area contributed by atoms with E-state index in [0.29, 0.717) is 0 Å². The number of benzene rings is 10. The molecule has 0 saturated heterocycles. The Morgan fingerprint density at radius 2 is 0.634 bits per heavy atom. The van der Waals surface area contributed by atoms with E-state index < -0.39 is 0 Å². The van der Waals surface area contributed by atoms with Crippen LogP contribution in [0.4, 0.5) is 34.1 Å². The molecule has 0 bridgehead atoms. The van der Waals surface area contributed by atoms with Gasteiger partial charge in [0.2, 0.25) is 0 Å². The van der Waals surface area contributed by atoms with Crippen molar-refractivity contribution in [2.45, 2.75) is 57.8 Å². The summed E-state index contributed by atoms with van der Waals surface area (Å²) in [4.78, 5) is 4.95. The van der Waals surface area contributed by atoms with E-state index in [1.54, 1.807) is 0 Å². The molecule has 11 rings (SSSR count). The van der Waals surface area contributed by atoms with Gasteiger partial charge in [0, 0.05) is 50.2 Å². The quantitative estimate of drug-likeness (QED) is 0.120. The summed E-state index contributed by atoms with van der Waals surface area (Å²) >= 11 is 0. The van der Waals surface area contributed by atoms with Crippen LogP contribution >= 0.6 is 0 Å². The van der Waals surface area contributed by atoms with Crippen molar-refractivity contribution in [1.82, 2.24) is 0 Å². The van der Waals surface area contributed by atoms with Crippen LogP contribution in [0.2, 0.25) is 0 Å². The molecule has 0 heterocycles. The Kier molecular flexibility index (Phi) is 11.7. The number of anilines is 6. The monoisotopic (exact) mass is 916 g/mol. The first-order valence-corrected chi connectivity index (χ1v) is 25.0. The number of hydrogen-bond acceptors (Lipinski definition) is 2. The lowest BCUT2D eigenvalue weighted by Gasteiger charge is -2.33. The van der Waals surface area contributed by atoms with Crippen LogP contribution in [0, 0.1) is 0 Å². The van der Waals surface area contributed by atoms with E-state index in [0.717, 1.165) is 34.1 Å². The normalized spacial score (nSPS) is 12.8. The molecule has 0 aromatic heterocycles. The highest BCUT2D eigenvalue weighted by molar-refractivity contribution is 5.98. The highest BCUT2D eigenvalue weighted by Crippen LogP contribution is 2.57. The Hall–Kier alpha value is -8.20. The summed E-state index contributed by atoms with van der Waals surface area (Å²) in [5.41, 5.74) is 21.0. The number of rotatable bonds is 12. The molecule has 0 unspecified atom stereocenters. The fraction of sp³-hybridized carbons (Fsp3) is 0.130. The molecule has 71 heavy (non-hydrogen) atoms. The molecule has 10 aromatic rings. The van der Waals surface area contributed by atoms with Crippen molar-refractivity contribution >= 4 is 34.1 Å². The Balaban J connectivity index is 1.13. The summed E-state index contributed by atoms with van der Waals surface area (Å²) in [6.45, 7) is 14.1. The second-order valence-corrected chi connectivity index (χ2v) is 20.6. The first-order valence-electron chi connectivity index (χ1n) is 25.0. The molecule has 0 amide bonds. The van der Waals surface area contributed by atoms with Gasteiger partial charge in [-0.2, -0.15) is 0 Å². The molecule has 2 heteroatoms. The summed E-state index contributed by atoms with van der Waals surface area (Å²) in [7, 11) is 0. The summed E-state index contributed by atoms with van der Waals surface area (Å²) in [5, 5.41) is 0. The molecule has 0 spiro atoms. The van der Waals surface area contributed by atoms with Gasteiger partial charge in [-0.3, -0.25) is 0 Å². The fourth-order valence-corrected chi connectivity index (χ4v) is 10.9. The van der Waals surface area contributed by atoms with E-state index in [1.807, 2.05) is 0 Å². The minimum Gasteiger partial charge on any atom is -0.310 e. The zero-order valence-electron chi connectivity index (χ0n) is 41.6. The fourth-order valence-electron chi connectivity index (χ4n) is 10.9. The Bertz CT molecular complexity index is 3430. The van der Waals surface area contributed by atoms with Crippen molar-refractivity contribution in [3.8, 4) is 33.4 Å². The van der Waals surface area contributed by atoms with Crippen LogP contribution in [0.25, 0.3) is 33.4 Å². The zero-order valence-corrected chi connectivity index (χ0v) is 41.6. The first kappa shape index (κ1) is 45.3. The topological polar surface area (TPSA) is 6.48 Å². The highest BCUT2D eigenvalue weighted by atomic mass is 15.2. The van der Waals surface area contributed by atoms with E-state index in [-0.39, 0.29) is 16.2 Å². The minimum absolute atomic E-state index is 0.180. The summed E-state index contributed by atoms with van der Waals surface area (Å²) in [6.07, 6.45) is 0. The van der Waals surface area contributed by atoms with E-state index in [4.69, 9.17) is 0 Å². The van der Waals surface area contributed by atoms with Gasteiger partial charge in [-0.25, -0.2) is 0 Å². The number of fused-ring (bicyclic) bond motifs is 3. The van der Waals surface area contributed by atoms with Gasteiger partial charge in [0.15, 0.2) is 0 Å². The Morgan fingerprint density at radius 1 is 0.296 bits per heavy atom. The summed E-state index contributed by atoms with van der Waals surface area (Å²) < 4.78 is 0. The van der Waals surface area contributed by atoms with Gasteiger partial charge in [-0.15, -0.1) is 0 Å². The van der Waals surface area contributed by atoms with Gasteiger partial charge < -0.3 is 9.80 Å². The summed E-state index contributed by atoms with van der Waals surface area (Å²) in [6, 6.07) is 93.7. The van der Waals surface area contributed by atoms with E-state index in [9.17, 15) is 0 Å². The smallest absolute Gasteiger partial charge is 0.0564 e. The lowest BCUT2D eigenvalue weighted by Crippen LogP contribution is -2.20. The molecule has 0 saturated carbocycles. The third kappa shape index (κ3) is 8.34. The second-order valence-electron chi connectivity index (χ2n) is 20.6. The van der Waals surface area contributed by atoms with Gasteiger partial charge >= 0.3 is 0 Å². The zero-order chi connectivity index (χ0) is 48.7. The molecular weight excluding hydrogens is 857 g/mol. The van der Waals surface area contributed by atoms with Gasteiger partial charge in [-0.1, -0.05) is 236 Å². The molecule has 1 aliphatic rings. The minimum atomic E-state index is -0.282. The van der Waals surface area contributed by atoms with Crippen molar-refractivity contribution in [2.24, 2.45) is 0 Å². The number of nitrogens with zero attached hydrogens (tertiary/aromatic N) is 2. The molecular formula is C69H60N2. The molecule has 0 radical (unpaired) electrons. The Labute approximate surface area is 421 Å². The van der Waals surface area contributed by atoms with Crippen molar-refractivity contribution < 1.29 is 0 Å². The lowest BCUT2D eigenvalue weighted by atomic mass is 9.78. The van der Waals surface area contributed by atoms with Crippen LogP contribution in [0.15, 0.2) is 255 Å². The molecule has 0 atom stereocenters.